The maximum atomic E-state index is 12.1. The first-order valence-electron chi connectivity index (χ1n) is 8.59. The lowest BCUT2D eigenvalue weighted by Crippen LogP contribution is -2.52. The van der Waals surface area contributed by atoms with E-state index < -0.39 is 0 Å². The molecule has 0 bridgehead atoms. The van der Waals surface area contributed by atoms with E-state index in [0.717, 1.165) is 39.1 Å². The lowest BCUT2D eigenvalue weighted by atomic mass is 9.72. The van der Waals surface area contributed by atoms with Gasteiger partial charge in [-0.25, -0.2) is 0 Å². The normalized spacial score (nSPS) is 21.8. The maximum absolute atomic E-state index is 12.1. The molecule has 5 nitrogen and oxygen atoms in total. The van der Waals surface area contributed by atoms with Crippen LogP contribution in [0.25, 0.3) is 0 Å². The summed E-state index contributed by atoms with van der Waals surface area (Å²) >= 11 is 0. The van der Waals surface area contributed by atoms with Crippen molar-refractivity contribution in [1.29, 1.82) is 0 Å². The van der Waals surface area contributed by atoms with Gasteiger partial charge < -0.3 is 9.64 Å². The largest absolute Gasteiger partial charge is 0.383 e. The van der Waals surface area contributed by atoms with Crippen molar-refractivity contribution in [2.24, 2.45) is 5.41 Å². The highest BCUT2D eigenvalue weighted by atomic mass is 16.5. The van der Waals surface area contributed by atoms with E-state index in [0.29, 0.717) is 24.3 Å². The summed E-state index contributed by atoms with van der Waals surface area (Å²) in [6.45, 7) is 5.53. The first kappa shape index (κ1) is 16.4. The summed E-state index contributed by atoms with van der Waals surface area (Å²) in [6, 6.07) is 4.19. The third kappa shape index (κ3) is 4.09. The van der Waals surface area contributed by atoms with E-state index in [1.165, 1.54) is 18.4 Å². The van der Waals surface area contributed by atoms with E-state index in [2.05, 4.69) is 22.0 Å². The quantitative estimate of drug-likeness (QED) is 0.832. The summed E-state index contributed by atoms with van der Waals surface area (Å²) in [7, 11) is 1.70. The lowest BCUT2D eigenvalue weighted by Gasteiger charge is -2.47. The molecule has 0 atom stereocenters. The number of aromatic nitrogens is 1. The number of pyridine rings is 1. The van der Waals surface area contributed by atoms with Gasteiger partial charge in [0.1, 0.15) is 0 Å². The van der Waals surface area contributed by atoms with E-state index in [1.54, 1.807) is 7.11 Å². The standard InChI is InChI=1S/C18H27N3O2/c1-23-13-12-21-15-18(5-2-17(21)22)6-10-20(11-7-18)14-16-3-8-19-9-4-16/h3-4,8-9H,2,5-7,10-15H2,1H3. The molecule has 2 fully saturated rings. The molecule has 3 rings (SSSR count). The number of piperidine rings is 2. The molecule has 1 amide bonds. The van der Waals surface area contributed by atoms with E-state index in [9.17, 15) is 4.79 Å². The van der Waals surface area contributed by atoms with Gasteiger partial charge in [-0.3, -0.25) is 14.7 Å². The summed E-state index contributed by atoms with van der Waals surface area (Å²) in [5.74, 6) is 0.298. The minimum Gasteiger partial charge on any atom is -0.383 e. The summed E-state index contributed by atoms with van der Waals surface area (Å²) in [5, 5.41) is 0. The van der Waals surface area contributed by atoms with Gasteiger partial charge in [0.25, 0.3) is 0 Å². The molecule has 0 aliphatic carbocycles. The average molecular weight is 317 g/mol. The second-order valence-electron chi connectivity index (χ2n) is 6.94. The number of carbonyl (C=O) groups excluding carboxylic acids is 1. The van der Waals surface area contributed by atoms with Crippen LogP contribution in [0.1, 0.15) is 31.2 Å². The van der Waals surface area contributed by atoms with Crippen LogP contribution >= 0.6 is 0 Å². The van der Waals surface area contributed by atoms with Crippen LogP contribution in [0.3, 0.4) is 0 Å². The zero-order valence-electron chi connectivity index (χ0n) is 14.0. The molecule has 2 aliphatic rings. The van der Waals surface area contributed by atoms with E-state index >= 15 is 0 Å². The fourth-order valence-electron chi connectivity index (χ4n) is 3.85. The van der Waals surface area contributed by atoms with E-state index in [4.69, 9.17) is 4.74 Å². The van der Waals surface area contributed by atoms with Crippen molar-refractivity contribution >= 4 is 5.91 Å². The molecule has 126 valence electrons. The van der Waals surface area contributed by atoms with Crippen LogP contribution in [0, 0.1) is 5.41 Å². The van der Waals surface area contributed by atoms with E-state index in [1.807, 2.05) is 17.3 Å². The highest BCUT2D eigenvalue weighted by Gasteiger charge is 2.40. The highest BCUT2D eigenvalue weighted by molar-refractivity contribution is 5.77. The molecule has 0 aromatic carbocycles. The number of likely N-dealkylation sites (tertiary alicyclic amines) is 2. The number of nitrogens with zero attached hydrogens (tertiary/aromatic N) is 3. The number of hydrogen-bond acceptors (Lipinski definition) is 4. The van der Waals surface area contributed by atoms with Gasteiger partial charge in [0.15, 0.2) is 0 Å². The van der Waals surface area contributed by atoms with Crippen LogP contribution in [0.15, 0.2) is 24.5 Å². The Morgan fingerprint density at radius 2 is 1.96 bits per heavy atom. The number of amides is 1. The van der Waals surface area contributed by atoms with E-state index in [-0.39, 0.29) is 0 Å². The summed E-state index contributed by atoms with van der Waals surface area (Å²) < 4.78 is 5.14. The lowest BCUT2D eigenvalue weighted by molar-refractivity contribution is -0.139. The van der Waals surface area contributed by atoms with Crippen LogP contribution in [0.5, 0.6) is 0 Å². The monoisotopic (exact) mass is 317 g/mol. The second kappa shape index (κ2) is 7.41. The average Bonchev–Trinajstić information content (AvgIpc) is 2.59. The molecule has 1 aromatic heterocycles. The molecule has 1 spiro atoms. The molecule has 0 N–H and O–H groups in total. The number of ether oxygens (including phenoxy) is 1. The minimum atomic E-state index is 0.298. The second-order valence-corrected chi connectivity index (χ2v) is 6.94. The van der Waals surface area contributed by atoms with Gasteiger partial charge in [-0.15, -0.1) is 0 Å². The Kier molecular flexibility index (Phi) is 5.28. The van der Waals surface area contributed by atoms with Crippen molar-refractivity contribution in [2.75, 3.05) is 39.9 Å². The Bertz CT molecular complexity index is 512. The Morgan fingerprint density at radius 3 is 2.65 bits per heavy atom. The van der Waals surface area contributed by atoms with Crippen molar-refractivity contribution < 1.29 is 9.53 Å². The Balaban J connectivity index is 1.54. The fraction of sp³-hybridized carbons (Fsp3) is 0.667. The molecular formula is C18H27N3O2. The smallest absolute Gasteiger partial charge is 0.222 e. The number of rotatable bonds is 5. The molecule has 23 heavy (non-hydrogen) atoms. The van der Waals surface area contributed by atoms with Crippen LogP contribution in [-0.4, -0.2) is 60.6 Å². The predicted molar refractivity (Wildman–Crippen MR) is 88.9 cm³/mol. The first-order chi connectivity index (χ1) is 11.2. The van der Waals surface area contributed by atoms with Crippen LogP contribution in [0.4, 0.5) is 0 Å². The molecule has 1 aromatic rings. The number of methoxy groups -OCH3 is 1. The fourth-order valence-corrected chi connectivity index (χ4v) is 3.85. The summed E-state index contributed by atoms with van der Waals surface area (Å²) in [5.41, 5.74) is 1.66. The molecule has 0 radical (unpaired) electrons. The van der Waals surface area contributed by atoms with Crippen LogP contribution in [-0.2, 0) is 16.1 Å². The zero-order valence-corrected chi connectivity index (χ0v) is 14.0. The van der Waals surface area contributed by atoms with Gasteiger partial charge in [-0.05, 0) is 55.5 Å². The van der Waals surface area contributed by atoms with Crippen molar-refractivity contribution in [3.63, 3.8) is 0 Å². The molecule has 2 saturated heterocycles. The van der Waals surface area contributed by atoms with Gasteiger partial charge >= 0.3 is 0 Å². The van der Waals surface area contributed by atoms with Crippen LogP contribution < -0.4 is 0 Å². The highest BCUT2D eigenvalue weighted by Crippen LogP contribution is 2.40. The topological polar surface area (TPSA) is 45.7 Å². The first-order valence-corrected chi connectivity index (χ1v) is 8.59. The summed E-state index contributed by atoms with van der Waals surface area (Å²) in [4.78, 5) is 20.7. The molecule has 5 heteroatoms. The van der Waals surface area contributed by atoms with Crippen molar-refractivity contribution in [2.45, 2.75) is 32.2 Å². The third-order valence-electron chi connectivity index (χ3n) is 5.39. The van der Waals surface area contributed by atoms with Gasteiger partial charge in [0.05, 0.1) is 6.61 Å². The van der Waals surface area contributed by atoms with Gasteiger partial charge in [0.2, 0.25) is 5.91 Å². The Morgan fingerprint density at radius 1 is 1.22 bits per heavy atom. The van der Waals surface area contributed by atoms with Crippen LogP contribution in [0.2, 0.25) is 0 Å². The Labute approximate surface area is 138 Å². The zero-order chi connectivity index (χ0) is 16.1. The third-order valence-corrected chi connectivity index (χ3v) is 5.39. The van der Waals surface area contributed by atoms with Gasteiger partial charge in [0, 0.05) is 45.6 Å². The van der Waals surface area contributed by atoms with Crippen molar-refractivity contribution in [1.82, 2.24) is 14.8 Å². The number of hydrogen-bond donors (Lipinski definition) is 0. The van der Waals surface area contributed by atoms with Gasteiger partial charge in [-0.1, -0.05) is 0 Å². The molecule has 3 heterocycles. The molecule has 2 aliphatic heterocycles. The SMILES string of the molecule is COCCN1CC2(CCC1=O)CCN(Cc1ccncc1)CC2. The number of carbonyl (C=O) groups is 1. The molecular weight excluding hydrogens is 290 g/mol. The van der Waals surface area contributed by atoms with Crippen molar-refractivity contribution in [3.05, 3.63) is 30.1 Å². The minimum absolute atomic E-state index is 0.298. The maximum Gasteiger partial charge on any atom is 0.222 e. The molecule has 0 saturated carbocycles. The predicted octanol–water partition coefficient (Wildman–Crippen LogP) is 1.93. The van der Waals surface area contributed by atoms with Gasteiger partial charge in [-0.2, -0.15) is 0 Å². The summed E-state index contributed by atoms with van der Waals surface area (Å²) in [6.07, 6.45) is 7.86. The Hall–Kier alpha value is -1.46. The molecule has 0 unspecified atom stereocenters. The van der Waals surface area contributed by atoms with Crippen molar-refractivity contribution in [3.8, 4) is 0 Å².